The quantitative estimate of drug-likeness (QED) is 0.424. The molecule has 0 aliphatic heterocycles. The Kier molecular flexibility index (Phi) is 9.05. The van der Waals surface area contributed by atoms with Gasteiger partial charge in [-0.3, -0.25) is 9.59 Å². The molecule has 5 heteroatoms. The summed E-state index contributed by atoms with van der Waals surface area (Å²) >= 11 is 3.47. The topological polar surface area (TPSA) is 49.4 Å². The summed E-state index contributed by atoms with van der Waals surface area (Å²) in [5.74, 6) is -0.180. The average molecular weight is 493 g/mol. The zero-order valence-corrected chi connectivity index (χ0v) is 19.9. The molecular weight excluding hydrogens is 464 g/mol. The molecule has 0 spiro atoms. The molecule has 0 radical (unpaired) electrons. The van der Waals surface area contributed by atoms with E-state index in [9.17, 15) is 9.59 Å². The predicted octanol–water partition coefficient (Wildman–Crippen LogP) is 5.16. The standard InChI is InChI=1S/C27H29BrN2O2/c1-2-17-29-27(32)25(18-21-9-5-3-6-10-21)30(20-23-13-15-24(28)16-14-23)26(31)19-22-11-7-4-8-12-22/h3-16,25H,2,17-20H2,1H3,(H,29,32). The third-order valence-electron chi connectivity index (χ3n) is 5.28. The third-order valence-corrected chi connectivity index (χ3v) is 5.81. The number of carbonyl (C=O) groups is 2. The summed E-state index contributed by atoms with van der Waals surface area (Å²) in [4.78, 5) is 28.5. The Morgan fingerprint density at radius 1 is 0.844 bits per heavy atom. The fourth-order valence-electron chi connectivity index (χ4n) is 3.58. The van der Waals surface area contributed by atoms with Gasteiger partial charge in [0.15, 0.2) is 0 Å². The molecule has 0 aromatic heterocycles. The largest absolute Gasteiger partial charge is 0.354 e. The van der Waals surface area contributed by atoms with Crippen molar-refractivity contribution in [3.63, 3.8) is 0 Å². The molecule has 0 fully saturated rings. The second-order valence-electron chi connectivity index (χ2n) is 7.81. The van der Waals surface area contributed by atoms with Crippen LogP contribution in [0.15, 0.2) is 89.4 Å². The van der Waals surface area contributed by atoms with E-state index in [0.717, 1.165) is 27.6 Å². The van der Waals surface area contributed by atoms with E-state index in [2.05, 4.69) is 21.2 Å². The number of nitrogens with zero attached hydrogens (tertiary/aromatic N) is 1. The van der Waals surface area contributed by atoms with Crippen molar-refractivity contribution in [1.29, 1.82) is 0 Å². The highest BCUT2D eigenvalue weighted by Gasteiger charge is 2.30. The molecule has 1 unspecified atom stereocenters. The van der Waals surface area contributed by atoms with Crippen LogP contribution in [0.4, 0.5) is 0 Å². The van der Waals surface area contributed by atoms with E-state index in [4.69, 9.17) is 0 Å². The summed E-state index contributed by atoms with van der Waals surface area (Å²) in [6.07, 6.45) is 1.56. The molecule has 0 bridgehead atoms. The average Bonchev–Trinajstić information content (AvgIpc) is 2.82. The summed E-state index contributed by atoms with van der Waals surface area (Å²) in [5, 5.41) is 3.01. The van der Waals surface area contributed by atoms with E-state index in [1.807, 2.05) is 91.9 Å². The Bertz CT molecular complexity index is 991. The second-order valence-corrected chi connectivity index (χ2v) is 8.72. The highest BCUT2D eigenvalue weighted by Crippen LogP contribution is 2.18. The van der Waals surface area contributed by atoms with Crippen molar-refractivity contribution in [2.75, 3.05) is 6.54 Å². The van der Waals surface area contributed by atoms with Crippen LogP contribution in [0.1, 0.15) is 30.0 Å². The van der Waals surface area contributed by atoms with Crippen LogP contribution in [-0.2, 0) is 29.0 Å². The van der Waals surface area contributed by atoms with E-state index in [0.29, 0.717) is 19.5 Å². The van der Waals surface area contributed by atoms with Gasteiger partial charge < -0.3 is 10.2 Å². The number of benzene rings is 3. The molecule has 3 aromatic rings. The number of hydrogen-bond acceptors (Lipinski definition) is 2. The molecule has 1 atom stereocenters. The van der Waals surface area contributed by atoms with Crippen LogP contribution in [0.5, 0.6) is 0 Å². The zero-order chi connectivity index (χ0) is 22.8. The number of amides is 2. The fraction of sp³-hybridized carbons (Fsp3) is 0.259. The molecule has 3 aromatic carbocycles. The van der Waals surface area contributed by atoms with Gasteiger partial charge in [-0.15, -0.1) is 0 Å². The molecule has 1 N–H and O–H groups in total. The van der Waals surface area contributed by atoms with Gasteiger partial charge in [0.2, 0.25) is 11.8 Å². The van der Waals surface area contributed by atoms with Gasteiger partial charge in [0.1, 0.15) is 6.04 Å². The lowest BCUT2D eigenvalue weighted by Crippen LogP contribution is -2.51. The highest BCUT2D eigenvalue weighted by molar-refractivity contribution is 9.10. The van der Waals surface area contributed by atoms with Crippen LogP contribution in [0.3, 0.4) is 0 Å². The lowest BCUT2D eigenvalue weighted by Gasteiger charge is -2.31. The molecule has 0 saturated heterocycles. The van der Waals surface area contributed by atoms with Crippen molar-refractivity contribution in [2.45, 2.75) is 38.8 Å². The predicted molar refractivity (Wildman–Crippen MR) is 132 cm³/mol. The van der Waals surface area contributed by atoms with Gasteiger partial charge in [-0.05, 0) is 35.2 Å². The van der Waals surface area contributed by atoms with Crippen LogP contribution in [0.25, 0.3) is 0 Å². The van der Waals surface area contributed by atoms with E-state index in [1.165, 1.54) is 0 Å². The monoisotopic (exact) mass is 492 g/mol. The smallest absolute Gasteiger partial charge is 0.243 e. The first kappa shape index (κ1) is 23.7. The summed E-state index contributed by atoms with van der Waals surface area (Å²) in [6.45, 7) is 2.98. The van der Waals surface area contributed by atoms with Gasteiger partial charge in [0, 0.05) is 24.0 Å². The fourth-order valence-corrected chi connectivity index (χ4v) is 3.84. The van der Waals surface area contributed by atoms with E-state index >= 15 is 0 Å². The van der Waals surface area contributed by atoms with E-state index in [-0.39, 0.29) is 18.2 Å². The minimum absolute atomic E-state index is 0.0632. The zero-order valence-electron chi connectivity index (χ0n) is 18.3. The van der Waals surface area contributed by atoms with Crippen LogP contribution >= 0.6 is 15.9 Å². The van der Waals surface area contributed by atoms with Crippen molar-refractivity contribution in [3.05, 3.63) is 106 Å². The van der Waals surface area contributed by atoms with E-state index in [1.54, 1.807) is 4.90 Å². The van der Waals surface area contributed by atoms with Crippen LogP contribution in [0, 0.1) is 0 Å². The van der Waals surface area contributed by atoms with Crippen molar-refractivity contribution in [2.24, 2.45) is 0 Å². The Morgan fingerprint density at radius 2 is 1.44 bits per heavy atom. The van der Waals surface area contributed by atoms with Crippen LogP contribution in [-0.4, -0.2) is 29.3 Å². The van der Waals surface area contributed by atoms with Crippen molar-refractivity contribution in [1.82, 2.24) is 10.2 Å². The SMILES string of the molecule is CCCNC(=O)C(Cc1ccccc1)N(Cc1ccc(Br)cc1)C(=O)Cc1ccccc1. The van der Waals surface area contributed by atoms with Gasteiger partial charge in [-0.25, -0.2) is 0 Å². The van der Waals surface area contributed by atoms with Gasteiger partial charge >= 0.3 is 0 Å². The Labute approximate surface area is 198 Å². The molecule has 2 amide bonds. The van der Waals surface area contributed by atoms with Crippen molar-refractivity contribution in [3.8, 4) is 0 Å². The normalized spacial score (nSPS) is 11.6. The van der Waals surface area contributed by atoms with Gasteiger partial charge in [-0.2, -0.15) is 0 Å². The maximum atomic E-state index is 13.5. The second kappa shape index (κ2) is 12.2. The minimum atomic E-state index is -0.594. The first-order valence-electron chi connectivity index (χ1n) is 11.0. The highest BCUT2D eigenvalue weighted by atomic mass is 79.9. The Morgan fingerprint density at radius 3 is 2.03 bits per heavy atom. The molecular formula is C27H29BrN2O2. The number of rotatable bonds is 10. The molecule has 0 heterocycles. The Balaban J connectivity index is 1.93. The first-order valence-corrected chi connectivity index (χ1v) is 11.8. The maximum absolute atomic E-state index is 13.5. The van der Waals surface area contributed by atoms with Crippen LogP contribution in [0.2, 0.25) is 0 Å². The lowest BCUT2D eigenvalue weighted by atomic mass is 10.0. The lowest BCUT2D eigenvalue weighted by molar-refractivity contribution is -0.140. The van der Waals surface area contributed by atoms with Crippen molar-refractivity contribution < 1.29 is 9.59 Å². The number of hydrogen-bond donors (Lipinski definition) is 1. The number of carbonyl (C=O) groups excluding carboxylic acids is 2. The Hall–Kier alpha value is -2.92. The molecule has 0 saturated carbocycles. The first-order chi connectivity index (χ1) is 15.6. The summed E-state index contributed by atoms with van der Waals surface area (Å²) in [6, 6.07) is 26.8. The molecule has 32 heavy (non-hydrogen) atoms. The summed E-state index contributed by atoms with van der Waals surface area (Å²) in [7, 11) is 0. The van der Waals surface area contributed by atoms with Gasteiger partial charge in [0.25, 0.3) is 0 Å². The summed E-state index contributed by atoms with van der Waals surface area (Å²) in [5.41, 5.74) is 2.94. The molecule has 3 rings (SSSR count). The minimum Gasteiger partial charge on any atom is -0.354 e. The van der Waals surface area contributed by atoms with Crippen LogP contribution < -0.4 is 5.32 Å². The van der Waals surface area contributed by atoms with Crippen molar-refractivity contribution >= 4 is 27.7 Å². The molecule has 0 aliphatic rings. The molecule has 0 aliphatic carbocycles. The number of nitrogens with one attached hydrogen (secondary N) is 1. The molecule has 4 nitrogen and oxygen atoms in total. The van der Waals surface area contributed by atoms with Gasteiger partial charge in [-0.1, -0.05) is 95.7 Å². The van der Waals surface area contributed by atoms with E-state index < -0.39 is 6.04 Å². The number of halogens is 1. The summed E-state index contributed by atoms with van der Waals surface area (Å²) < 4.78 is 0.977. The third kappa shape index (κ3) is 7.06. The maximum Gasteiger partial charge on any atom is 0.243 e. The molecule has 166 valence electrons. The van der Waals surface area contributed by atoms with Gasteiger partial charge in [0.05, 0.1) is 6.42 Å².